The molecule has 0 aliphatic heterocycles. The molecule has 3 amide bonds. The molecule has 0 spiro atoms. The Bertz CT molecular complexity index is 1060. The highest BCUT2D eigenvalue weighted by molar-refractivity contribution is 5.94. The highest BCUT2D eigenvalue weighted by Crippen LogP contribution is 2.12. The number of phenols is 1. The number of nitrogens with one attached hydrogen (secondary N) is 3. The summed E-state index contributed by atoms with van der Waals surface area (Å²) in [7, 11) is 0. The van der Waals surface area contributed by atoms with Crippen LogP contribution in [-0.4, -0.2) is 64.6 Å². The molecule has 11 nitrogen and oxygen atoms in total. The SMILES string of the molecule is CC(NC(=O)C(N)Cc1ccccc1)C(=O)NC(CCCCN)C(=O)NC(Cc1ccc(O)cc1)C(=O)O. The molecule has 0 fully saturated rings. The van der Waals surface area contributed by atoms with Crippen LogP contribution in [0.4, 0.5) is 0 Å². The van der Waals surface area contributed by atoms with Crippen molar-refractivity contribution in [1.29, 1.82) is 0 Å². The minimum absolute atomic E-state index is 0.0173. The van der Waals surface area contributed by atoms with Gasteiger partial charge in [0, 0.05) is 6.42 Å². The third-order valence-electron chi connectivity index (χ3n) is 5.96. The number of carbonyl (C=O) groups excluding carboxylic acids is 3. The number of phenolic OH excluding ortho intramolecular Hbond substituents is 1. The van der Waals surface area contributed by atoms with Gasteiger partial charge in [-0.1, -0.05) is 42.5 Å². The zero-order chi connectivity index (χ0) is 28.1. The molecule has 206 valence electrons. The number of aromatic hydroxyl groups is 1. The van der Waals surface area contributed by atoms with E-state index in [2.05, 4.69) is 16.0 Å². The first-order chi connectivity index (χ1) is 18.1. The number of rotatable bonds is 15. The number of carboxylic acids is 1. The zero-order valence-corrected chi connectivity index (χ0v) is 21.4. The standard InChI is InChI=1S/C27H37N5O6/c1-17(30-25(35)21(29)15-18-7-3-2-4-8-18)24(34)31-22(9-5-6-14-28)26(36)32-23(27(37)38)16-19-10-12-20(33)13-11-19/h2-4,7-8,10-13,17,21-23,33H,5-6,9,14-16,28-29H2,1H3,(H,30,35)(H,31,34)(H,32,36)(H,37,38). The molecule has 0 aliphatic rings. The Kier molecular flexibility index (Phi) is 12.2. The van der Waals surface area contributed by atoms with Gasteiger partial charge in [0.15, 0.2) is 0 Å². The highest BCUT2D eigenvalue weighted by atomic mass is 16.4. The molecule has 2 aromatic rings. The Balaban J connectivity index is 2.01. The predicted octanol–water partition coefficient (Wildman–Crippen LogP) is 0.193. The Morgan fingerprint density at radius 1 is 0.789 bits per heavy atom. The van der Waals surface area contributed by atoms with E-state index in [0.717, 1.165) is 5.56 Å². The van der Waals surface area contributed by atoms with Gasteiger partial charge in [0.1, 0.15) is 23.9 Å². The minimum atomic E-state index is -1.26. The number of carbonyl (C=O) groups is 4. The van der Waals surface area contributed by atoms with Gasteiger partial charge in [-0.05, 0) is 62.4 Å². The lowest BCUT2D eigenvalue weighted by atomic mass is 10.0. The maximum Gasteiger partial charge on any atom is 0.326 e. The number of nitrogens with two attached hydrogens (primary N) is 2. The van der Waals surface area contributed by atoms with Crippen LogP contribution in [0.15, 0.2) is 54.6 Å². The van der Waals surface area contributed by atoms with Gasteiger partial charge in [-0.25, -0.2) is 4.79 Å². The second-order valence-corrected chi connectivity index (χ2v) is 9.14. The first kappa shape index (κ1) is 30.3. The molecule has 0 bridgehead atoms. The molecule has 38 heavy (non-hydrogen) atoms. The van der Waals surface area contributed by atoms with Gasteiger partial charge in [0.25, 0.3) is 0 Å². The Labute approximate surface area is 222 Å². The third kappa shape index (κ3) is 10.2. The van der Waals surface area contributed by atoms with Crippen molar-refractivity contribution >= 4 is 23.7 Å². The van der Waals surface area contributed by atoms with Gasteiger partial charge in [0.05, 0.1) is 6.04 Å². The fourth-order valence-corrected chi connectivity index (χ4v) is 3.75. The molecule has 0 saturated carbocycles. The van der Waals surface area contributed by atoms with E-state index in [1.54, 1.807) is 12.1 Å². The van der Waals surface area contributed by atoms with Crippen molar-refractivity contribution in [3.63, 3.8) is 0 Å². The Morgan fingerprint density at radius 3 is 2.00 bits per heavy atom. The predicted molar refractivity (Wildman–Crippen MR) is 142 cm³/mol. The van der Waals surface area contributed by atoms with Crippen molar-refractivity contribution in [2.24, 2.45) is 11.5 Å². The van der Waals surface area contributed by atoms with E-state index < -0.39 is 47.9 Å². The molecule has 0 aromatic heterocycles. The third-order valence-corrected chi connectivity index (χ3v) is 5.96. The summed E-state index contributed by atoms with van der Waals surface area (Å²) < 4.78 is 0. The van der Waals surface area contributed by atoms with Gasteiger partial charge in [0.2, 0.25) is 17.7 Å². The summed E-state index contributed by atoms with van der Waals surface area (Å²) in [6, 6.07) is 11.1. The van der Waals surface area contributed by atoms with E-state index in [-0.39, 0.29) is 18.6 Å². The van der Waals surface area contributed by atoms with Crippen molar-refractivity contribution in [2.45, 2.75) is 63.2 Å². The fourth-order valence-electron chi connectivity index (χ4n) is 3.75. The summed E-state index contributed by atoms with van der Waals surface area (Å²) in [6.45, 7) is 1.87. The highest BCUT2D eigenvalue weighted by Gasteiger charge is 2.28. The van der Waals surface area contributed by atoms with Gasteiger partial charge >= 0.3 is 5.97 Å². The van der Waals surface area contributed by atoms with Crippen molar-refractivity contribution in [3.05, 3.63) is 65.7 Å². The van der Waals surface area contributed by atoms with Gasteiger partial charge in [-0.3, -0.25) is 14.4 Å². The van der Waals surface area contributed by atoms with Gasteiger partial charge in [-0.2, -0.15) is 0 Å². The monoisotopic (exact) mass is 527 g/mol. The van der Waals surface area contributed by atoms with E-state index in [4.69, 9.17) is 11.5 Å². The summed E-state index contributed by atoms with van der Waals surface area (Å²) in [6.07, 6.45) is 1.64. The van der Waals surface area contributed by atoms with Crippen LogP contribution in [0.5, 0.6) is 5.75 Å². The number of amides is 3. The summed E-state index contributed by atoms with van der Waals surface area (Å²) in [5.74, 6) is -2.99. The molecular formula is C27H37N5O6. The molecule has 0 aliphatic carbocycles. The molecule has 0 radical (unpaired) electrons. The molecule has 4 atom stereocenters. The first-order valence-corrected chi connectivity index (χ1v) is 12.5. The number of hydrogen-bond donors (Lipinski definition) is 7. The molecule has 4 unspecified atom stereocenters. The maximum atomic E-state index is 13.0. The number of benzene rings is 2. The van der Waals surface area contributed by atoms with Crippen LogP contribution in [0.1, 0.15) is 37.3 Å². The number of carboxylic acid groups (broad SMARTS) is 1. The van der Waals surface area contributed by atoms with Crippen LogP contribution in [0, 0.1) is 0 Å². The Morgan fingerprint density at radius 2 is 1.39 bits per heavy atom. The lowest BCUT2D eigenvalue weighted by Gasteiger charge is -2.24. The molecular weight excluding hydrogens is 490 g/mol. The topological polar surface area (TPSA) is 197 Å². The average Bonchev–Trinajstić information content (AvgIpc) is 2.89. The van der Waals surface area contributed by atoms with E-state index in [9.17, 15) is 29.4 Å². The summed E-state index contributed by atoms with van der Waals surface area (Å²) in [5.41, 5.74) is 13.0. The minimum Gasteiger partial charge on any atom is -0.508 e. The lowest BCUT2D eigenvalue weighted by Crippen LogP contribution is -2.56. The largest absolute Gasteiger partial charge is 0.508 e. The van der Waals surface area contributed by atoms with E-state index >= 15 is 0 Å². The fraction of sp³-hybridized carbons (Fsp3) is 0.407. The smallest absolute Gasteiger partial charge is 0.326 e. The second kappa shape index (κ2) is 15.3. The second-order valence-electron chi connectivity index (χ2n) is 9.14. The lowest BCUT2D eigenvalue weighted by molar-refractivity contribution is -0.142. The zero-order valence-electron chi connectivity index (χ0n) is 21.4. The molecule has 9 N–H and O–H groups in total. The number of hydrogen-bond acceptors (Lipinski definition) is 7. The van der Waals surface area contributed by atoms with E-state index in [0.29, 0.717) is 31.4 Å². The molecule has 0 saturated heterocycles. The maximum absolute atomic E-state index is 13.0. The summed E-state index contributed by atoms with van der Waals surface area (Å²) in [5, 5.41) is 26.7. The van der Waals surface area contributed by atoms with Crippen molar-refractivity contribution in [2.75, 3.05) is 6.54 Å². The van der Waals surface area contributed by atoms with Crippen LogP contribution < -0.4 is 27.4 Å². The number of unbranched alkanes of at least 4 members (excludes halogenated alkanes) is 1. The molecule has 2 rings (SSSR count). The van der Waals surface area contributed by atoms with Crippen LogP contribution in [0.3, 0.4) is 0 Å². The number of aliphatic carboxylic acids is 1. The van der Waals surface area contributed by atoms with Crippen LogP contribution in [-0.2, 0) is 32.0 Å². The van der Waals surface area contributed by atoms with Crippen LogP contribution in [0.2, 0.25) is 0 Å². The van der Waals surface area contributed by atoms with Crippen LogP contribution in [0.25, 0.3) is 0 Å². The Hall–Kier alpha value is -3.96. The average molecular weight is 528 g/mol. The van der Waals surface area contributed by atoms with Crippen LogP contribution >= 0.6 is 0 Å². The molecule has 0 heterocycles. The van der Waals surface area contributed by atoms with E-state index in [1.807, 2.05) is 30.3 Å². The molecule has 2 aromatic carbocycles. The summed E-state index contributed by atoms with van der Waals surface area (Å²) in [4.78, 5) is 50.2. The first-order valence-electron chi connectivity index (χ1n) is 12.5. The summed E-state index contributed by atoms with van der Waals surface area (Å²) >= 11 is 0. The van der Waals surface area contributed by atoms with Crippen molar-refractivity contribution < 1.29 is 29.4 Å². The van der Waals surface area contributed by atoms with E-state index in [1.165, 1.54) is 19.1 Å². The van der Waals surface area contributed by atoms with Gasteiger partial charge < -0.3 is 37.6 Å². The molecule has 11 heteroatoms. The van der Waals surface area contributed by atoms with Crippen molar-refractivity contribution in [1.82, 2.24) is 16.0 Å². The normalized spacial score (nSPS) is 14.0. The van der Waals surface area contributed by atoms with Gasteiger partial charge in [-0.15, -0.1) is 0 Å². The quantitative estimate of drug-likeness (QED) is 0.159. The van der Waals surface area contributed by atoms with Crippen molar-refractivity contribution in [3.8, 4) is 5.75 Å².